The smallest absolute Gasteiger partial charge is 0.00451 e. The third-order valence-corrected chi connectivity index (χ3v) is 3.48. The molecule has 0 saturated carbocycles. The zero-order chi connectivity index (χ0) is 13.9. The van der Waals surface area contributed by atoms with E-state index in [0.29, 0.717) is 11.8 Å². The van der Waals surface area contributed by atoms with Crippen molar-refractivity contribution in [2.75, 3.05) is 0 Å². The predicted octanol–water partition coefficient (Wildman–Crippen LogP) is 5.69. The van der Waals surface area contributed by atoms with Crippen molar-refractivity contribution in [1.29, 1.82) is 0 Å². The SMILES string of the molecule is C=C(C)C(CC(C)C)c1ccc(C(C)(C)C)cc1. The van der Waals surface area contributed by atoms with Gasteiger partial charge in [0.05, 0.1) is 0 Å². The second-order valence-corrected chi connectivity index (χ2v) is 6.90. The van der Waals surface area contributed by atoms with Crippen LogP contribution in [-0.2, 0) is 5.41 Å². The standard InChI is InChI=1S/C18H28/c1-13(2)12-17(14(3)4)15-8-10-16(11-9-15)18(5,6)7/h8-11,13,17H,3,12H2,1-2,4-7H3. The quantitative estimate of drug-likeness (QED) is 0.597. The van der Waals surface area contributed by atoms with Crippen molar-refractivity contribution in [3.63, 3.8) is 0 Å². The fraction of sp³-hybridized carbons (Fsp3) is 0.556. The van der Waals surface area contributed by atoms with Gasteiger partial charge in [-0.1, -0.05) is 71.0 Å². The lowest BCUT2D eigenvalue weighted by Crippen LogP contribution is -2.11. The third kappa shape index (κ3) is 4.01. The summed E-state index contributed by atoms with van der Waals surface area (Å²) in [5.74, 6) is 1.20. The molecule has 0 bridgehead atoms. The molecule has 1 aromatic rings. The van der Waals surface area contributed by atoms with Crippen LogP contribution < -0.4 is 0 Å². The van der Waals surface area contributed by atoms with E-state index in [-0.39, 0.29) is 5.41 Å². The topological polar surface area (TPSA) is 0 Å². The van der Waals surface area contributed by atoms with Gasteiger partial charge < -0.3 is 0 Å². The second kappa shape index (κ2) is 5.73. The molecule has 0 spiro atoms. The monoisotopic (exact) mass is 244 g/mol. The van der Waals surface area contributed by atoms with Gasteiger partial charge >= 0.3 is 0 Å². The minimum Gasteiger partial charge on any atom is -0.0995 e. The van der Waals surface area contributed by atoms with Gasteiger partial charge in [-0.15, -0.1) is 0 Å². The predicted molar refractivity (Wildman–Crippen MR) is 82.2 cm³/mol. The van der Waals surface area contributed by atoms with Gasteiger partial charge in [-0.05, 0) is 35.8 Å². The molecular formula is C18H28. The normalized spacial score (nSPS) is 13.7. The lowest BCUT2D eigenvalue weighted by atomic mass is 9.82. The summed E-state index contributed by atoms with van der Waals surface area (Å²) >= 11 is 0. The van der Waals surface area contributed by atoms with Crippen LogP contribution in [0.15, 0.2) is 36.4 Å². The van der Waals surface area contributed by atoms with E-state index in [1.807, 2.05) is 0 Å². The third-order valence-electron chi connectivity index (χ3n) is 3.48. The summed E-state index contributed by atoms with van der Waals surface area (Å²) in [6.07, 6.45) is 1.18. The first-order valence-electron chi connectivity index (χ1n) is 6.97. The number of hydrogen-bond donors (Lipinski definition) is 0. The highest BCUT2D eigenvalue weighted by atomic mass is 14.2. The zero-order valence-electron chi connectivity index (χ0n) is 12.9. The Morgan fingerprint density at radius 3 is 1.94 bits per heavy atom. The van der Waals surface area contributed by atoms with Crippen LogP contribution in [0.3, 0.4) is 0 Å². The van der Waals surface area contributed by atoms with Crippen LogP contribution in [0.5, 0.6) is 0 Å². The molecule has 0 fully saturated rings. The highest BCUT2D eigenvalue weighted by molar-refractivity contribution is 5.32. The summed E-state index contributed by atoms with van der Waals surface area (Å²) in [6, 6.07) is 9.10. The fourth-order valence-corrected chi connectivity index (χ4v) is 2.31. The van der Waals surface area contributed by atoms with Crippen LogP contribution in [0.4, 0.5) is 0 Å². The van der Waals surface area contributed by atoms with E-state index >= 15 is 0 Å². The maximum atomic E-state index is 4.16. The lowest BCUT2D eigenvalue weighted by Gasteiger charge is -2.23. The molecule has 1 rings (SSSR count). The van der Waals surface area contributed by atoms with Crippen molar-refractivity contribution in [2.45, 2.75) is 59.3 Å². The Balaban J connectivity index is 2.98. The van der Waals surface area contributed by atoms with Crippen LogP contribution >= 0.6 is 0 Å². The Morgan fingerprint density at radius 2 is 1.61 bits per heavy atom. The summed E-state index contributed by atoms with van der Waals surface area (Å²) in [7, 11) is 0. The molecule has 0 aromatic heterocycles. The Hall–Kier alpha value is -1.04. The molecule has 0 heteroatoms. The number of allylic oxidation sites excluding steroid dienone is 1. The summed E-state index contributed by atoms with van der Waals surface area (Å²) in [4.78, 5) is 0. The molecule has 0 amide bonds. The van der Waals surface area contributed by atoms with Crippen LogP contribution in [0.1, 0.15) is 65.0 Å². The highest BCUT2D eigenvalue weighted by Crippen LogP contribution is 2.31. The van der Waals surface area contributed by atoms with Gasteiger partial charge in [0, 0.05) is 5.92 Å². The molecule has 0 heterocycles. The molecule has 0 N–H and O–H groups in total. The Kier molecular flexibility index (Phi) is 4.78. The first-order valence-corrected chi connectivity index (χ1v) is 6.97. The number of hydrogen-bond acceptors (Lipinski definition) is 0. The van der Waals surface area contributed by atoms with Gasteiger partial charge in [-0.3, -0.25) is 0 Å². The van der Waals surface area contributed by atoms with Crippen LogP contribution in [0.25, 0.3) is 0 Å². The van der Waals surface area contributed by atoms with Crippen LogP contribution in [-0.4, -0.2) is 0 Å². The Morgan fingerprint density at radius 1 is 1.11 bits per heavy atom. The fourth-order valence-electron chi connectivity index (χ4n) is 2.31. The maximum Gasteiger partial charge on any atom is 0.00451 e. The molecule has 0 radical (unpaired) electrons. The molecule has 0 aliphatic rings. The Bertz CT molecular complexity index is 387. The highest BCUT2D eigenvalue weighted by Gasteiger charge is 2.17. The van der Waals surface area contributed by atoms with Crippen molar-refractivity contribution in [3.05, 3.63) is 47.5 Å². The summed E-state index contributed by atoms with van der Waals surface area (Å²) in [5, 5.41) is 0. The van der Waals surface area contributed by atoms with Gasteiger partial charge in [0.15, 0.2) is 0 Å². The van der Waals surface area contributed by atoms with E-state index < -0.39 is 0 Å². The lowest BCUT2D eigenvalue weighted by molar-refractivity contribution is 0.536. The average molecular weight is 244 g/mol. The average Bonchev–Trinajstić information content (AvgIpc) is 2.24. The van der Waals surface area contributed by atoms with E-state index in [0.717, 1.165) is 0 Å². The molecule has 0 nitrogen and oxygen atoms in total. The van der Waals surface area contributed by atoms with Crippen LogP contribution in [0, 0.1) is 5.92 Å². The molecule has 1 aromatic carbocycles. The summed E-state index contributed by atoms with van der Waals surface area (Å²) in [5.41, 5.74) is 4.31. The first kappa shape index (κ1) is 15.0. The molecule has 1 atom stereocenters. The molecule has 0 saturated heterocycles. The molecule has 100 valence electrons. The van der Waals surface area contributed by atoms with Gasteiger partial charge in [-0.2, -0.15) is 0 Å². The summed E-state index contributed by atoms with van der Waals surface area (Å²) in [6.45, 7) is 17.6. The van der Waals surface area contributed by atoms with Gasteiger partial charge in [-0.25, -0.2) is 0 Å². The van der Waals surface area contributed by atoms with Crippen molar-refractivity contribution < 1.29 is 0 Å². The maximum absolute atomic E-state index is 4.16. The number of benzene rings is 1. The minimum atomic E-state index is 0.231. The summed E-state index contributed by atoms with van der Waals surface area (Å²) < 4.78 is 0. The van der Waals surface area contributed by atoms with Gasteiger partial charge in [0.2, 0.25) is 0 Å². The molecular weight excluding hydrogens is 216 g/mol. The van der Waals surface area contributed by atoms with Crippen molar-refractivity contribution in [3.8, 4) is 0 Å². The van der Waals surface area contributed by atoms with E-state index in [1.165, 1.54) is 23.1 Å². The van der Waals surface area contributed by atoms with Gasteiger partial charge in [0.25, 0.3) is 0 Å². The molecule has 0 aliphatic heterocycles. The van der Waals surface area contributed by atoms with E-state index in [1.54, 1.807) is 0 Å². The molecule has 0 aliphatic carbocycles. The minimum absolute atomic E-state index is 0.231. The van der Waals surface area contributed by atoms with Crippen molar-refractivity contribution in [2.24, 2.45) is 5.92 Å². The van der Waals surface area contributed by atoms with Crippen molar-refractivity contribution in [1.82, 2.24) is 0 Å². The largest absolute Gasteiger partial charge is 0.0995 e. The van der Waals surface area contributed by atoms with Crippen molar-refractivity contribution >= 4 is 0 Å². The first-order chi connectivity index (χ1) is 8.21. The van der Waals surface area contributed by atoms with Gasteiger partial charge in [0.1, 0.15) is 0 Å². The Labute approximate surface area is 113 Å². The number of rotatable bonds is 4. The second-order valence-electron chi connectivity index (χ2n) is 6.90. The van der Waals surface area contributed by atoms with Crippen LogP contribution in [0.2, 0.25) is 0 Å². The zero-order valence-corrected chi connectivity index (χ0v) is 12.9. The molecule has 1 unspecified atom stereocenters. The van der Waals surface area contributed by atoms with E-state index in [9.17, 15) is 0 Å². The van der Waals surface area contributed by atoms with E-state index in [2.05, 4.69) is 72.4 Å². The van der Waals surface area contributed by atoms with E-state index in [4.69, 9.17) is 0 Å². The molecule has 18 heavy (non-hydrogen) atoms.